The van der Waals surface area contributed by atoms with Crippen LogP contribution in [0.5, 0.6) is 0 Å². The highest BCUT2D eigenvalue weighted by atomic mass is 79.9. The number of thiophene rings is 1. The second-order valence-corrected chi connectivity index (χ2v) is 5.56. The topological polar surface area (TPSA) is 21.3 Å². The molecule has 0 saturated carbocycles. The van der Waals surface area contributed by atoms with Crippen LogP contribution in [0.4, 0.5) is 0 Å². The molecule has 2 nitrogen and oxygen atoms in total. The maximum absolute atomic E-state index is 5.42. The molecule has 0 unspecified atom stereocenters. The van der Waals surface area contributed by atoms with Crippen molar-refractivity contribution >= 4 is 27.3 Å². The van der Waals surface area contributed by atoms with E-state index in [1.54, 1.807) is 11.3 Å². The van der Waals surface area contributed by atoms with Gasteiger partial charge in [0.25, 0.3) is 0 Å². The minimum absolute atomic E-state index is 0.00633. The first-order valence-electron chi connectivity index (χ1n) is 5.26. The minimum atomic E-state index is 0.00633. The van der Waals surface area contributed by atoms with Gasteiger partial charge >= 0.3 is 0 Å². The van der Waals surface area contributed by atoms with Crippen LogP contribution >= 0.6 is 27.3 Å². The Bertz CT molecular complexity index is 550. The van der Waals surface area contributed by atoms with Crippen LogP contribution in [0.15, 0.2) is 52.5 Å². The zero-order valence-electron chi connectivity index (χ0n) is 8.89. The Kier molecular flexibility index (Phi) is 3.01. The second-order valence-electron chi connectivity index (χ2n) is 3.76. The van der Waals surface area contributed by atoms with E-state index < -0.39 is 0 Å². The third kappa shape index (κ3) is 2.29. The van der Waals surface area contributed by atoms with E-state index >= 15 is 0 Å². The number of rotatable bonds is 2. The molecule has 2 aromatic rings. The van der Waals surface area contributed by atoms with Crippen molar-refractivity contribution in [2.24, 2.45) is 0 Å². The van der Waals surface area contributed by atoms with Crippen molar-refractivity contribution in [1.82, 2.24) is 5.48 Å². The van der Waals surface area contributed by atoms with Gasteiger partial charge in [-0.05, 0) is 44.6 Å². The summed E-state index contributed by atoms with van der Waals surface area (Å²) in [5.41, 5.74) is 5.28. The van der Waals surface area contributed by atoms with Crippen molar-refractivity contribution < 1.29 is 4.84 Å². The van der Waals surface area contributed by atoms with Gasteiger partial charge in [0.05, 0.1) is 0 Å². The van der Waals surface area contributed by atoms with E-state index in [1.807, 2.05) is 12.1 Å². The Balaban J connectivity index is 1.89. The van der Waals surface area contributed by atoms with Crippen LogP contribution in [0, 0.1) is 0 Å². The molecule has 17 heavy (non-hydrogen) atoms. The SMILES string of the molecule is BrC1=C[C@H](c2cc(-c3ccccc3)cs2)ON1. The lowest BCUT2D eigenvalue weighted by atomic mass is 10.1. The first-order chi connectivity index (χ1) is 8.33. The zero-order valence-corrected chi connectivity index (χ0v) is 11.3. The molecule has 1 aromatic carbocycles. The monoisotopic (exact) mass is 307 g/mol. The molecule has 1 aliphatic heterocycles. The lowest BCUT2D eigenvalue weighted by Gasteiger charge is -2.03. The van der Waals surface area contributed by atoms with E-state index in [0.29, 0.717) is 0 Å². The lowest BCUT2D eigenvalue weighted by molar-refractivity contribution is 0.0478. The van der Waals surface area contributed by atoms with E-state index in [-0.39, 0.29) is 6.10 Å². The van der Waals surface area contributed by atoms with Gasteiger partial charge in [0, 0.05) is 4.88 Å². The Morgan fingerprint density at radius 3 is 2.71 bits per heavy atom. The molecule has 86 valence electrons. The summed E-state index contributed by atoms with van der Waals surface area (Å²) in [5.74, 6) is 0. The van der Waals surface area contributed by atoms with Crippen LogP contribution in [-0.4, -0.2) is 0 Å². The fourth-order valence-electron chi connectivity index (χ4n) is 1.74. The molecular formula is C13H10BrNOS. The normalized spacial score (nSPS) is 18.9. The quantitative estimate of drug-likeness (QED) is 0.838. The number of benzene rings is 1. The Morgan fingerprint density at radius 2 is 2.00 bits per heavy atom. The van der Waals surface area contributed by atoms with Gasteiger partial charge in [-0.1, -0.05) is 30.3 Å². The highest BCUT2D eigenvalue weighted by molar-refractivity contribution is 9.11. The van der Waals surface area contributed by atoms with Gasteiger partial charge < -0.3 is 0 Å². The molecule has 0 saturated heterocycles. The summed E-state index contributed by atoms with van der Waals surface area (Å²) in [5, 5.41) is 2.16. The molecule has 1 aliphatic rings. The van der Waals surface area contributed by atoms with Crippen molar-refractivity contribution in [2.45, 2.75) is 6.10 Å². The van der Waals surface area contributed by atoms with Crippen LogP contribution in [0.25, 0.3) is 11.1 Å². The molecule has 0 fully saturated rings. The van der Waals surface area contributed by atoms with Gasteiger partial charge in [0.15, 0.2) is 0 Å². The first kappa shape index (κ1) is 11.0. The van der Waals surface area contributed by atoms with Crippen molar-refractivity contribution in [3.63, 3.8) is 0 Å². The maximum Gasteiger partial charge on any atom is 0.141 e. The van der Waals surface area contributed by atoms with Gasteiger partial charge in [0.2, 0.25) is 0 Å². The first-order valence-corrected chi connectivity index (χ1v) is 6.93. The smallest absolute Gasteiger partial charge is 0.141 e. The second kappa shape index (κ2) is 4.64. The predicted molar refractivity (Wildman–Crippen MR) is 73.7 cm³/mol. The van der Waals surface area contributed by atoms with Crippen LogP contribution < -0.4 is 5.48 Å². The van der Waals surface area contributed by atoms with Crippen molar-refractivity contribution in [1.29, 1.82) is 0 Å². The highest BCUT2D eigenvalue weighted by Gasteiger charge is 2.18. The molecule has 1 aromatic heterocycles. The molecule has 3 rings (SSSR count). The van der Waals surface area contributed by atoms with Crippen LogP contribution in [0.2, 0.25) is 0 Å². The number of hydrogen-bond acceptors (Lipinski definition) is 3. The summed E-state index contributed by atoms with van der Waals surface area (Å²) in [7, 11) is 0. The number of nitrogens with one attached hydrogen (secondary N) is 1. The Labute approximate surface area is 112 Å². The van der Waals surface area contributed by atoms with E-state index in [4.69, 9.17) is 4.84 Å². The molecule has 0 bridgehead atoms. The van der Waals surface area contributed by atoms with Gasteiger partial charge in [-0.25, -0.2) is 0 Å². The van der Waals surface area contributed by atoms with E-state index in [0.717, 1.165) is 4.61 Å². The fraction of sp³-hybridized carbons (Fsp3) is 0.0769. The van der Waals surface area contributed by atoms with Crippen molar-refractivity contribution in [2.75, 3.05) is 0 Å². The van der Waals surface area contributed by atoms with Crippen molar-refractivity contribution in [3.8, 4) is 11.1 Å². The fourth-order valence-corrected chi connectivity index (χ4v) is 2.99. The molecule has 4 heteroatoms. The average Bonchev–Trinajstić information content (AvgIpc) is 2.98. The standard InChI is InChI=1S/C13H10BrNOS/c14-13-7-11(16-15-13)12-6-10(8-17-12)9-4-2-1-3-5-9/h1-8,11,15H/t11-/m1/s1. The van der Waals surface area contributed by atoms with Crippen LogP contribution in [0.3, 0.4) is 0 Å². The zero-order chi connectivity index (χ0) is 11.7. The molecule has 1 atom stereocenters. The Hall–Kier alpha value is -1.10. The molecule has 0 aliphatic carbocycles. The Morgan fingerprint density at radius 1 is 1.18 bits per heavy atom. The predicted octanol–water partition coefficient (Wildman–Crippen LogP) is 4.23. The summed E-state index contributed by atoms with van der Waals surface area (Å²) in [6.45, 7) is 0. The van der Waals surface area contributed by atoms with Crippen LogP contribution in [0.1, 0.15) is 11.0 Å². The summed E-state index contributed by atoms with van der Waals surface area (Å²) >= 11 is 5.07. The van der Waals surface area contributed by atoms with E-state index in [1.165, 1.54) is 16.0 Å². The van der Waals surface area contributed by atoms with Crippen molar-refractivity contribution in [3.05, 3.63) is 57.3 Å². The van der Waals surface area contributed by atoms with Crippen LogP contribution in [-0.2, 0) is 4.84 Å². The summed E-state index contributed by atoms with van der Waals surface area (Å²) in [6.07, 6.45) is 2.02. The van der Waals surface area contributed by atoms with Gasteiger partial charge in [-0.2, -0.15) is 0 Å². The third-order valence-electron chi connectivity index (χ3n) is 2.59. The molecule has 2 heterocycles. The van der Waals surface area contributed by atoms with E-state index in [9.17, 15) is 0 Å². The number of hydrogen-bond donors (Lipinski definition) is 1. The summed E-state index contributed by atoms with van der Waals surface area (Å²) < 4.78 is 0.886. The molecular weight excluding hydrogens is 298 g/mol. The largest absolute Gasteiger partial charge is 0.262 e. The number of halogens is 1. The average molecular weight is 308 g/mol. The highest BCUT2D eigenvalue weighted by Crippen LogP contribution is 2.34. The molecule has 1 N–H and O–H groups in total. The van der Waals surface area contributed by atoms with Gasteiger partial charge in [-0.15, -0.1) is 11.3 Å². The van der Waals surface area contributed by atoms with E-state index in [2.05, 4.69) is 57.1 Å². The molecule has 0 spiro atoms. The third-order valence-corrected chi connectivity index (χ3v) is 4.01. The van der Waals surface area contributed by atoms with Gasteiger partial charge in [-0.3, -0.25) is 10.3 Å². The van der Waals surface area contributed by atoms with Gasteiger partial charge in [0.1, 0.15) is 10.7 Å². The molecule has 0 amide bonds. The summed E-state index contributed by atoms with van der Waals surface area (Å²) in [4.78, 5) is 6.62. The summed E-state index contributed by atoms with van der Waals surface area (Å²) in [6, 6.07) is 12.5. The maximum atomic E-state index is 5.42. The minimum Gasteiger partial charge on any atom is -0.262 e. The number of hydroxylamine groups is 1. The lowest BCUT2D eigenvalue weighted by Crippen LogP contribution is -2.03. The molecule has 0 radical (unpaired) electrons.